The number of nitro benzene ring substituents is 1. The van der Waals surface area contributed by atoms with Gasteiger partial charge >= 0.3 is 12.3 Å². The standard InChI is InChI=1S/C24H29F3N4O5/c1-23(2,3)36-22(32)30-13-12-29(15-16(30)14-28-4)21-18(31(33)34)10-11-19(20(21)24(25,26)27)35-17-8-6-5-7-9-17/h5-11,16,28H,12-15H2,1-4H3/t16-/m0/s1. The van der Waals surface area contributed by atoms with Crippen molar-refractivity contribution in [2.24, 2.45) is 0 Å². The summed E-state index contributed by atoms with van der Waals surface area (Å²) >= 11 is 0. The van der Waals surface area contributed by atoms with E-state index < -0.39 is 51.5 Å². The first-order chi connectivity index (χ1) is 16.8. The van der Waals surface area contributed by atoms with Crippen LogP contribution in [0.25, 0.3) is 0 Å². The number of amides is 1. The minimum atomic E-state index is -4.95. The summed E-state index contributed by atoms with van der Waals surface area (Å²) in [6.07, 6.45) is -5.55. The Morgan fingerprint density at radius 1 is 1.14 bits per heavy atom. The van der Waals surface area contributed by atoms with Gasteiger partial charge in [0.15, 0.2) is 0 Å². The van der Waals surface area contributed by atoms with E-state index >= 15 is 0 Å². The van der Waals surface area contributed by atoms with Crippen LogP contribution in [0.4, 0.5) is 29.3 Å². The Balaban J connectivity index is 2.06. The van der Waals surface area contributed by atoms with Crippen LogP contribution in [-0.4, -0.2) is 60.8 Å². The molecule has 1 fully saturated rings. The van der Waals surface area contributed by atoms with Gasteiger partial charge in [-0.2, -0.15) is 13.2 Å². The van der Waals surface area contributed by atoms with E-state index in [9.17, 15) is 28.1 Å². The molecular formula is C24H29F3N4O5. The molecule has 0 aliphatic carbocycles. The van der Waals surface area contributed by atoms with E-state index in [1.165, 1.54) is 21.9 Å². The maximum absolute atomic E-state index is 14.4. The van der Waals surface area contributed by atoms with Crippen molar-refractivity contribution in [2.75, 3.05) is 38.1 Å². The maximum atomic E-state index is 14.4. The highest BCUT2D eigenvalue weighted by Gasteiger charge is 2.44. The first kappa shape index (κ1) is 27.1. The molecule has 2 aromatic rings. The van der Waals surface area contributed by atoms with Gasteiger partial charge in [-0.15, -0.1) is 0 Å². The molecule has 1 heterocycles. The number of piperazine rings is 1. The second-order valence-corrected chi connectivity index (χ2v) is 9.31. The highest BCUT2D eigenvalue weighted by Crippen LogP contribution is 2.48. The van der Waals surface area contributed by atoms with Crippen LogP contribution in [0.15, 0.2) is 42.5 Å². The van der Waals surface area contributed by atoms with Gasteiger partial charge in [-0.3, -0.25) is 10.1 Å². The van der Waals surface area contributed by atoms with E-state index in [1.807, 2.05) is 0 Å². The minimum Gasteiger partial charge on any atom is -0.457 e. The molecule has 0 radical (unpaired) electrons. The van der Waals surface area contributed by atoms with Crippen molar-refractivity contribution in [3.63, 3.8) is 0 Å². The highest BCUT2D eigenvalue weighted by atomic mass is 19.4. The number of alkyl halides is 3. The van der Waals surface area contributed by atoms with Crippen LogP contribution in [-0.2, 0) is 10.9 Å². The fourth-order valence-corrected chi connectivity index (χ4v) is 4.03. The number of nitrogens with zero attached hydrogens (tertiary/aromatic N) is 3. The normalized spacial score (nSPS) is 16.6. The maximum Gasteiger partial charge on any atom is 0.422 e. The summed E-state index contributed by atoms with van der Waals surface area (Å²) in [7, 11) is 1.64. The first-order valence-corrected chi connectivity index (χ1v) is 11.3. The van der Waals surface area contributed by atoms with Crippen molar-refractivity contribution < 1.29 is 32.4 Å². The van der Waals surface area contributed by atoms with Crippen molar-refractivity contribution >= 4 is 17.5 Å². The fourth-order valence-electron chi connectivity index (χ4n) is 4.03. The molecule has 0 aromatic heterocycles. The molecular weight excluding hydrogens is 481 g/mol. The Hall–Kier alpha value is -3.54. The molecule has 1 atom stereocenters. The van der Waals surface area contributed by atoms with Gasteiger partial charge in [-0.1, -0.05) is 18.2 Å². The van der Waals surface area contributed by atoms with Crippen LogP contribution >= 0.6 is 0 Å². The topological polar surface area (TPSA) is 97.2 Å². The molecule has 1 saturated heterocycles. The predicted octanol–water partition coefficient (Wildman–Crippen LogP) is 5.05. The van der Waals surface area contributed by atoms with Crippen LogP contribution in [0, 0.1) is 10.1 Å². The zero-order valence-electron chi connectivity index (χ0n) is 20.5. The SMILES string of the molecule is CNC[C@H]1CN(c2c([N+](=O)[O-])ccc(Oc3ccccc3)c2C(F)(F)F)CCN1C(=O)OC(C)(C)C. The Kier molecular flexibility index (Phi) is 7.97. The van der Waals surface area contributed by atoms with Crippen molar-refractivity contribution in [3.05, 3.63) is 58.1 Å². The molecule has 0 spiro atoms. The number of carbonyl (C=O) groups is 1. The molecule has 0 bridgehead atoms. The average molecular weight is 511 g/mol. The van der Waals surface area contributed by atoms with Gasteiger partial charge < -0.3 is 24.6 Å². The molecule has 9 nitrogen and oxygen atoms in total. The number of anilines is 1. The lowest BCUT2D eigenvalue weighted by Gasteiger charge is -2.43. The second-order valence-electron chi connectivity index (χ2n) is 9.31. The lowest BCUT2D eigenvalue weighted by molar-refractivity contribution is -0.384. The van der Waals surface area contributed by atoms with Crippen LogP contribution in [0.2, 0.25) is 0 Å². The first-order valence-electron chi connectivity index (χ1n) is 11.3. The highest BCUT2D eigenvalue weighted by molar-refractivity contribution is 5.74. The number of likely N-dealkylation sites (N-methyl/N-ethyl adjacent to an activating group) is 1. The number of carbonyl (C=O) groups excluding carboxylic acids is 1. The number of para-hydroxylation sites is 1. The lowest BCUT2D eigenvalue weighted by Crippen LogP contribution is -2.59. The molecule has 0 saturated carbocycles. The molecule has 36 heavy (non-hydrogen) atoms. The third-order valence-corrected chi connectivity index (χ3v) is 5.44. The Morgan fingerprint density at radius 3 is 2.36 bits per heavy atom. The smallest absolute Gasteiger partial charge is 0.422 e. The van der Waals surface area contributed by atoms with Crippen molar-refractivity contribution in [1.29, 1.82) is 0 Å². The molecule has 0 unspecified atom stereocenters. The van der Waals surface area contributed by atoms with Gasteiger partial charge in [-0.05, 0) is 46.0 Å². The van der Waals surface area contributed by atoms with Crippen LogP contribution < -0.4 is 15.0 Å². The summed E-state index contributed by atoms with van der Waals surface area (Å²) < 4.78 is 54.2. The third-order valence-electron chi connectivity index (χ3n) is 5.44. The van der Waals surface area contributed by atoms with Gasteiger partial charge in [0.2, 0.25) is 0 Å². The van der Waals surface area contributed by atoms with Crippen LogP contribution in [0.1, 0.15) is 26.3 Å². The second kappa shape index (κ2) is 10.6. The van der Waals surface area contributed by atoms with Crippen LogP contribution in [0.5, 0.6) is 11.5 Å². The number of halogens is 3. The Bertz CT molecular complexity index is 1090. The van der Waals surface area contributed by atoms with E-state index in [0.717, 1.165) is 12.1 Å². The summed E-state index contributed by atoms with van der Waals surface area (Å²) in [6, 6.07) is 9.24. The Morgan fingerprint density at radius 2 is 1.81 bits per heavy atom. The van der Waals surface area contributed by atoms with Crippen molar-refractivity contribution in [3.8, 4) is 11.5 Å². The molecule has 1 aliphatic rings. The zero-order chi connectivity index (χ0) is 26.7. The quantitative estimate of drug-likeness (QED) is 0.429. The molecule has 3 rings (SSSR count). The van der Waals surface area contributed by atoms with Gasteiger partial charge in [0.1, 0.15) is 28.4 Å². The Labute approximate surface area is 206 Å². The van der Waals surface area contributed by atoms with Gasteiger partial charge in [-0.25, -0.2) is 4.79 Å². The average Bonchev–Trinajstić information content (AvgIpc) is 2.77. The predicted molar refractivity (Wildman–Crippen MR) is 127 cm³/mol. The monoisotopic (exact) mass is 510 g/mol. The number of ether oxygens (including phenoxy) is 2. The van der Waals surface area contributed by atoms with Gasteiger partial charge in [0.25, 0.3) is 5.69 Å². The van der Waals surface area contributed by atoms with E-state index in [4.69, 9.17) is 9.47 Å². The minimum absolute atomic E-state index is 0.0134. The van der Waals surface area contributed by atoms with E-state index in [2.05, 4.69) is 5.32 Å². The third kappa shape index (κ3) is 6.36. The number of benzene rings is 2. The number of nitro groups is 1. The molecule has 1 N–H and O–H groups in total. The van der Waals surface area contributed by atoms with Gasteiger partial charge in [0.05, 0.1) is 11.0 Å². The van der Waals surface area contributed by atoms with E-state index in [1.54, 1.807) is 46.0 Å². The van der Waals surface area contributed by atoms with Crippen LogP contribution in [0.3, 0.4) is 0 Å². The summed E-state index contributed by atoms with van der Waals surface area (Å²) in [5.74, 6) is -0.389. The fraction of sp³-hybridized carbons (Fsp3) is 0.458. The number of rotatable bonds is 6. The summed E-state index contributed by atoms with van der Waals surface area (Å²) in [5, 5.41) is 14.8. The van der Waals surface area contributed by atoms with E-state index in [-0.39, 0.29) is 31.9 Å². The zero-order valence-corrected chi connectivity index (χ0v) is 20.5. The molecule has 1 aliphatic heterocycles. The molecule has 12 heteroatoms. The number of hydrogen-bond donors (Lipinski definition) is 1. The summed E-state index contributed by atoms with van der Waals surface area (Å²) in [5.41, 5.74) is -3.29. The van der Waals surface area contributed by atoms with Gasteiger partial charge in [0, 0.05) is 32.2 Å². The van der Waals surface area contributed by atoms with Crippen molar-refractivity contribution in [2.45, 2.75) is 38.6 Å². The summed E-state index contributed by atoms with van der Waals surface area (Å²) in [4.78, 5) is 26.5. The van der Waals surface area contributed by atoms with Crippen molar-refractivity contribution in [1.82, 2.24) is 10.2 Å². The lowest BCUT2D eigenvalue weighted by atomic mass is 10.0. The van der Waals surface area contributed by atoms with E-state index in [0.29, 0.717) is 0 Å². The summed E-state index contributed by atoms with van der Waals surface area (Å²) in [6.45, 7) is 5.24. The number of hydrogen-bond acceptors (Lipinski definition) is 7. The number of nitrogens with one attached hydrogen (secondary N) is 1. The molecule has 1 amide bonds. The molecule has 196 valence electrons. The largest absolute Gasteiger partial charge is 0.457 e. The molecule has 2 aromatic carbocycles.